The zero-order valence-electron chi connectivity index (χ0n) is 8.23. The van der Waals surface area contributed by atoms with Crippen molar-refractivity contribution >= 4 is 11.6 Å². The minimum absolute atomic E-state index is 0.860. The first kappa shape index (κ1) is 10.3. The fraction of sp³-hybridized carbons (Fsp3) is 0.333. The highest BCUT2D eigenvalue weighted by Crippen LogP contribution is 2.18. The highest BCUT2D eigenvalue weighted by Gasteiger charge is 1.97. The van der Waals surface area contributed by atoms with Crippen LogP contribution < -0.4 is 0 Å². The molecule has 0 fully saturated rings. The Kier molecular flexibility index (Phi) is 3.56. The zero-order chi connectivity index (χ0) is 9.84. The fourth-order valence-electron chi connectivity index (χ4n) is 1.15. The van der Waals surface area contributed by atoms with E-state index in [0.29, 0.717) is 0 Å². The molecule has 0 aliphatic carbocycles. The zero-order valence-corrected chi connectivity index (χ0v) is 8.99. The summed E-state index contributed by atoms with van der Waals surface area (Å²) in [6.45, 7) is 7.95. The number of rotatable bonds is 3. The molecule has 0 aliphatic heterocycles. The molecule has 70 valence electrons. The van der Waals surface area contributed by atoms with Gasteiger partial charge in [-0.2, -0.15) is 0 Å². The maximum atomic E-state index is 6.01. The molecule has 0 unspecified atom stereocenters. The molecule has 1 heteroatoms. The van der Waals surface area contributed by atoms with Crippen LogP contribution in [0.15, 0.2) is 30.4 Å². The summed E-state index contributed by atoms with van der Waals surface area (Å²) >= 11 is 6.01. The summed E-state index contributed by atoms with van der Waals surface area (Å²) in [4.78, 5) is 0. The van der Waals surface area contributed by atoms with Crippen molar-refractivity contribution in [3.8, 4) is 0 Å². The smallest absolute Gasteiger partial charge is 0.0437 e. The summed E-state index contributed by atoms with van der Waals surface area (Å²) in [5, 5.41) is 0.860. The van der Waals surface area contributed by atoms with Crippen LogP contribution in [-0.4, -0.2) is 0 Å². The van der Waals surface area contributed by atoms with Crippen molar-refractivity contribution in [2.45, 2.75) is 26.7 Å². The van der Waals surface area contributed by atoms with E-state index in [0.717, 1.165) is 23.4 Å². The maximum absolute atomic E-state index is 6.01. The van der Waals surface area contributed by atoms with Crippen LogP contribution in [0.4, 0.5) is 0 Å². The lowest BCUT2D eigenvalue weighted by molar-refractivity contribution is 0.945. The van der Waals surface area contributed by atoms with Crippen LogP contribution in [0.5, 0.6) is 0 Å². The standard InChI is InChI=1S/C12H15Cl/c1-9(2)4-6-11-7-5-10(3)12(13)8-11/h5,7-8H,1,4,6H2,2-3H3. The van der Waals surface area contributed by atoms with Crippen LogP contribution in [0.3, 0.4) is 0 Å². The van der Waals surface area contributed by atoms with E-state index < -0.39 is 0 Å². The monoisotopic (exact) mass is 194 g/mol. The number of allylic oxidation sites excluding steroid dienone is 1. The van der Waals surface area contributed by atoms with Crippen LogP contribution in [0.2, 0.25) is 5.02 Å². The molecule has 0 saturated carbocycles. The molecule has 1 aromatic carbocycles. The van der Waals surface area contributed by atoms with E-state index in [4.69, 9.17) is 11.6 Å². The second kappa shape index (κ2) is 4.48. The molecule has 0 spiro atoms. The van der Waals surface area contributed by atoms with Gasteiger partial charge in [0, 0.05) is 5.02 Å². The molecule has 0 nitrogen and oxygen atoms in total. The van der Waals surface area contributed by atoms with Gasteiger partial charge in [-0.25, -0.2) is 0 Å². The Balaban J connectivity index is 2.68. The van der Waals surface area contributed by atoms with Gasteiger partial charge >= 0.3 is 0 Å². The van der Waals surface area contributed by atoms with E-state index in [9.17, 15) is 0 Å². The lowest BCUT2D eigenvalue weighted by Crippen LogP contribution is -1.86. The Labute approximate surface area is 85.2 Å². The van der Waals surface area contributed by atoms with Crippen molar-refractivity contribution in [3.63, 3.8) is 0 Å². The Hall–Kier alpha value is -0.750. The lowest BCUT2D eigenvalue weighted by Gasteiger charge is -2.03. The number of benzene rings is 1. The quantitative estimate of drug-likeness (QED) is 0.634. The van der Waals surface area contributed by atoms with Crippen molar-refractivity contribution in [1.29, 1.82) is 0 Å². The van der Waals surface area contributed by atoms with E-state index in [2.05, 4.69) is 25.6 Å². The third kappa shape index (κ3) is 3.23. The van der Waals surface area contributed by atoms with Gasteiger partial charge in [-0.05, 0) is 43.9 Å². The van der Waals surface area contributed by atoms with Gasteiger partial charge in [0.05, 0.1) is 0 Å². The minimum atomic E-state index is 0.860. The van der Waals surface area contributed by atoms with E-state index in [1.54, 1.807) is 0 Å². The molecule has 0 amide bonds. The molecule has 0 atom stereocenters. The minimum Gasteiger partial charge on any atom is -0.100 e. The van der Waals surface area contributed by atoms with Gasteiger partial charge < -0.3 is 0 Å². The molecule has 0 radical (unpaired) electrons. The van der Waals surface area contributed by atoms with Crippen molar-refractivity contribution in [1.82, 2.24) is 0 Å². The second-order valence-electron chi connectivity index (χ2n) is 3.54. The first-order chi connectivity index (χ1) is 6.09. The van der Waals surface area contributed by atoms with Crippen LogP contribution >= 0.6 is 11.6 Å². The first-order valence-electron chi connectivity index (χ1n) is 4.49. The van der Waals surface area contributed by atoms with Gasteiger partial charge in [0.15, 0.2) is 0 Å². The molecular weight excluding hydrogens is 180 g/mol. The largest absolute Gasteiger partial charge is 0.100 e. The molecule has 1 rings (SSSR count). The maximum Gasteiger partial charge on any atom is 0.0437 e. The Morgan fingerprint density at radius 2 is 2.15 bits per heavy atom. The molecule has 0 heterocycles. The predicted molar refractivity (Wildman–Crippen MR) is 59.3 cm³/mol. The van der Waals surface area contributed by atoms with Crippen molar-refractivity contribution in [2.75, 3.05) is 0 Å². The van der Waals surface area contributed by atoms with Crippen LogP contribution in [-0.2, 0) is 6.42 Å². The Bertz CT molecular complexity index is 313. The number of aryl methyl sites for hydroxylation is 2. The molecule has 0 aliphatic rings. The normalized spacial score (nSPS) is 10.1. The summed E-state index contributed by atoms with van der Waals surface area (Å²) in [6.07, 6.45) is 2.08. The summed E-state index contributed by atoms with van der Waals surface area (Å²) in [7, 11) is 0. The van der Waals surface area contributed by atoms with E-state index in [1.165, 1.54) is 11.1 Å². The highest BCUT2D eigenvalue weighted by molar-refractivity contribution is 6.31. The topological polar surface area (TPSA) is 0 Å². The Morgan fingerprint density at radius 3 is 2.69 bits per heavy atom. The molecule has 0 saturated heterocycles. The van der Waals surface area contributed by atoms with Crippen molar-refractivity contribution < 1.29 is 0 Å². The van der Waals surface area contributed by atoms with Gasteiger partial charge in [-0.15, -0.1) is 6.58 Å². The van der Waals surface area contributed by atoms with Gasteiger partial charge in [0.25, 0.3) is 0 Å². The lowest BCUT2D eigenvalue weighted by atomic mass is 10.1. The molecule has 0 N–H and O–H groups in total. The molecule has 1 aromatic rings. The van der Waals surface area contributed by atoms with Crippen LogP contribution in [0.25, 0.3) is 0 Å². The van der Waals surface area contributed by atoms with Gasteiger partial charge in [0.1, 0.15) is 0 Å². The first-order valence-corrected chi connectivity index (χ1v) is 4.87. The third-order valence-electron chi connectivity index (χ3n) is 2.08. The molecule has 13 heavy (non-hydrogen) atoms. The van der Waals surface area contributed by atoms with Crippen LogP contribution in [0, 0.1) is 6.92 Å². The van der Waals surface area contributed by atoms with E-state index in [-0.39, 0.29) is 0 Å². The fourth-order valence-corrected chi connectivity index (χ4v) is 1.35. The van der Waals surface area contributed by atoms with E-state index >= 15 is 0 Å². The molecular formula is C12H15Cl. The summed E-state index contributed by atoms with van der Waals surface area (Å²) in [5.74, 6) is 0. The number of halogens is 1. The average molecular weight is 195 g/mol. The van der Waals surface area contributed by atoms with Crippen LogP contribution in [0.1, 0.15) is 24.5 Å². The van der Waals surface area contributed by atoms with Crippen molar-refractivity contribution in [3.05, 3.63) is 46.5 Å². The summed E-state index contributed by atoms with van der Waals surface area (Å²) in [5.41, 5.74) is 3.65. The summed E-state index contributed by atoms with van der Waals surface area (Å²) in [6, 6.07) is 6.24. The SMILES string of the molecule is C=C(C)CCc1ccc(C)c(Cl)c1. The number of hydrogen-bond donors (Lipinski definition) is 0. The van der Waals surface area contributed by atoms with Gasteiger partial charge in [0.2, 0.25) is 0 Å². The van der Waals surface area contributed by atoms with E-state index in [1.807, 2.05) is 13.0 Å². The molecule has 0 bridgehead atoms. The average Bonchev–Trinajstić information content (AvgIpc) is 2.07. The Morgan fingerprint density at radius 1 is 1.46 bits per heavy atom. The van der Waals surface area contributed by atoms with Crippen molar-refractivity contribution in [2.24, 2.45) is 0 Å². The predicted octanol–water partition coefficient (Wildman–Crippen LogP) is 4.16. The third-order valence-corrected chi connectivity index (χ3v) is 2.48. The van der Waals surface area contributed by atoms with Gasteiger partial charge in [-0.3, -0.25) is 0 Å². The molecule has 0 aromatic heterocycles. The second-order valence-corrected chi connectivity index (χ2v) is 3.95. The summed E-state index contributed by atoms with van der Waals surface area (Å²) < 4.78 is 0. The van der Waals surface area contributed by atoms with Gasteiger partial charge in [-0.1, -0.05) is 29.3 Å². The number of hydrogen-bond acceptors (Lipinski definition) is 0. The highest BCUT2D eigenvalue weighted by atomic mass is 35.5.